The molecule has 0 aromatic carbocycles. The highest BCUT2D eigenvalue weighted by atomic mass is 15.4. The van der Waals surface area contributed by atoms with Crippen LogP contribution < -0.4 is 4.90 Å². The fourth-order valence-corrected chi connectivity index (χ4v) is 1.08. The molecule has 0 radical (unpaired) electrons. The van der Waals surface area contributed by atoms with Gasteiger partial charge in [0.1, 0.15) is 0 Å². The molecule has 1 aliphatic rings. The molecule has 5 nitrogen and oxygen atoms in total. The van der Waals surface area contributed by atoms with Crippen molar-refractivity contribution < 1.29 is 4.90 Å². The van der Waals surface area contributed by atoms with Crippen molar-refractivity contribution in [3.63, 3.8) is 0 Å². The molecule has 13 heavy (non-hydrogen) atoms. The zero-order chi connectivity index (χ0) is 9.26. The molecule has 66 valence electrons. The zero-order valence-electron chi connectivity index (χ0n) is 7.52. The lowest BCUT2D eigenvalue weighted by Gasteiger charge is -2.04. The Labute approximate surface area is 75.8 Å². The molecule has 2 rings (SSSR count). The van der Waals surface area contributed by atoms with Gasteiger partial charge in [-0.3, -0.25) is 0 Å². The van der Waals surface area contributed by atoms with E-state index < -0.39 is 0 Å². The molecule has 0 aliphatic carbocycles. The molecule has 1 atom stereocenters. The van der Waals surface area contributed by atoms with E-state index in [1.807, 2.05) is 14.0 Å². The van der Waals surface area contributed by atoms with Crippen LogP contribution in [0.1, 0.15) is 12.7 Å². The second-order valence-electron chi connectivity index (χ2n) is 2.83. The van der Waals surface area contributed by atoms with Crippen LogP contribution >= 0.6 is 0 Å². The maximum absolute atomic E-state index is 4.11. The molecule has 0 spiro atoms. The molecule has 1 aromatic heterocycles. The van der Waals surface area contributed by atoms with Gasteiger partial charge in [0, 0.05) is 19.3 Å². The lowest BCUT2D eigenvalue weighted by Crippen LogP contribution is -3.13. The molecule has 1 N–H and O–H groups in total. The van der Waals surface area contributed by atoms with Gasteiger partial charge in [0.25, 0.3) is 5.84 Å². The third kappa shape index (κ3) is 1.33. The average molecular weight is 176 g/mol. The summed E-state index contributed by atoms with van der Waals surface area (Å²) in [4.78, 5) is 9.27. The molecule has 0 saturated carbocycles. The summed E-state index contributed by atoms with van der Waals surface area (Å²) >= 11 is 0. The Hall–Kier alpha value is -1.62. The maximum atomic E-state index is 4.11. The first-order valence-corrected chi connectivity index (χ1v) is 4.03. The number of hydrogen-bond donors (Lipinski definition) is 1. The third-order valence-electron chi connectivity index (χ3n) is 1.98. The Morgan fingerprint density at radius 3 is 2.38 bits per heavy atom. The molecule has 0 amide bonds. The van der Waals surface area contributed by atoms with Crippen LogP contribution in [-0.2, 0) is 0 Å². The first-order chi connectivity index (χ1) is 6.29. The highest BCUT2D eigenvalue weighted by Gasteiger charge is 2.25. The SMILES string of the molecule is CC1=NN=C(c2ncccn2)[NH+]1C. The van der Waals surface area contributed by atoms with E-state index in [0.29, 0.717) is 5.82 Å². The number of hydrogen-bond acceptors (Lipinski definition) is 4. The lowest BCUT2D eigenvalue weighted by molar-refractivity contribution is -0.672. The number of nitrogens with one attached hydrogen (secondary N) is 1. The van der Waals surface area contributed by atoms with Gasteiger partial charge in [0.05, 0.1) is 7.05 Å². The monoisotopic (exact) mass is 176 g/mol. The Bertz CT molecular complexity index is 367. The van der Waals surface area contributed by atoms with E-state index in [0.717, 1.165) is 16.6 Å². The first kappa shape index (κ1) is 8.00. The van der Waals surface area contributed by atoms with Gasteiger partial charge in [-0.25, -0.2) is 14.9 Å². The Morgan fingerprint density at radius 2 is 1.85 bits per heavy atom. The topological polar surface area (TPSA) is 54.9 Å². The van der Waals surface area contributed by atoms with Crippen LogP contribution in [0.5, 0.6) is 0 Å². The van der Waals surface area contributed by atoms with E-state index >= 15 is 0 Å². The summed E-state index contributed by atoms with van der Waals surface area (Å²) in [5.74, 6) is 2.35. The first-order valence-electron chi connectivity index (χ1n) is 4.03. The average Bonchev–Trinajstić information content (AvgIpc) is 2.49. The quantitative estimate of drug-likeness (QED) is 0.602. The van der Waals surface area contributed by atoms with Crippen LogP contribution in [0.4, 0.5) is 0 Å². The van der Waals surface area contributed by atoms with Crippen LogP contribution in [0, 0.1) is 0 Å². The van der Waals surface area contributed by atoms with Crippen molar-refractivity contribution in [3.05, 3.63) is 24.3 Å². The van der Waals surface area contributed by atoms with Crippen molar-refractivity contribution in [1.82, 2.24) is 9.97 Å². The summed E-state index contributed by atoms with van der Waals surface area (Å²) in [6.07, 6.45) is 3.40. The van der Waals surface area contributed by atoms with E-state index in [1.165, 1.54) is 0 Å². The number of rotatable bonds is 1. The number of aromatic nitrogens is 2. The fourth-order valence-electron chi connectivity index (χ4n) is 1.08. The van der Waals surface area contributed by atoms with Gasteiger partial charge in [-0.05, 0) is 6.07 Å². The molecule has 1 aromatic rings. The van der Waals surface area contributed by atoms with Gasteiger partial charge in [-0.15, -0.1) is 0 Å². The van der Waals surface area contributed by atoms with Crippen molar-refractivity contribution in [1.29, 1.82) is 0 Å². The Balaban J connectivity index is 2.32. The highest BCUT2D eigenvalue weighted by molar-refractivity contribution is 5.97. The van der Waals surface area contributed by atoms with Crippen molar-refractivity contribution in [2.75, 3.05) is 7.05 Å². The van der Waals surface area contributed by atoms with Crippen LogP contribution in [-0.4, -0.2) is 28.7 Å². The van der Waals surface area contributed by atoms with Gasteiger partial charge in [-0.1, -0.05) is 10.2 Å². The van der Waals surface area contributed by atoms with Crippen molar-refractivity contribution in [2.24, 2.45) is 10.2 Å². The van der Waals surface area contributed by atoms with Gasteiger partial charge in [-0.2, -0.15) is 0 Å². The van der Waals surface area contributed by atoms with Crippen molar-refractivity contribution in [3.8, 4) is 0 Å². The number of quaternary nitrogens is 1. The van der Waals surface area contributed by atoms with Crippen LogP contribution in [0.15, 0.2) is 28.7 Å². The summed E-state index contributed by atoms with van der Waals surface area (Å²) < 4.78 is 0. The summed E-state index contributed by atoms with van der Waals surface area (Å²) in [6, 6.07) is 1.78. The molecule has 1 aliphatic heterocycles. The standard InChI is InChI=1S/C8H9N5/c1-6-11-12-8(13(6)2)7-9-4-3-5-10-7/h3-5H,1-2H3/p+1. The summed E-state index contributed by atoms with van der Waals surface area (Å²) in [7, 11) is 1.97. The van der Waals surface area contributed by atoms with E-state index in [-0.39, 0.29) is 0 Å². The molecule has 0 saturated heterocycles. The fraction of sp³-hybridized carbons (Fsp3) is 0.250. The molecule has 2 heterocycles. The molecular weight excluding hydrogens is 166 g/mol. The van der Waals surface area contributed by atoms with Crippen LogP contribution in [0.25, 0.3) is 0 Å². The molecule has 0 bridgehead atoms. The lowest BCUT2D eigenvalue weighted by atomic mass is 10.4. The number of nitrogens with zero attached hydrogens (tertiary/aromatic N) is 4. The third-order valence-corrected chi connectivity index (χ3v) is 1.98. The molecule has 0 fully saturated rings. The molecule has 1 unspecified atom stereocenters. The van der Waals surface area contributed by atoms with Crippen molar-refractivity contribution >= 4 is 11.7 Å². The second-order valence-corrected chi connectivity index (χ2v) is 2.83. The smallest absolute Gasteiger partial charge is 0.238 e. The Kier molecular flexibility index (Phi) is 1.86. The van der Waals surface area contributed by atoms with Gasteiger partial charge in [0.15, 0.2) is 0 Å². The zero-order valence-corrected chi connectivity index (χ0v) is 7.52. The van der Waals surface area contributed by atoms with E-state index in [2.05, 4.69) is 20.2 Å². The van der Waals surface area contributed by atoms with Crippen LogP contribution in [0.2, 0.25) is 0 Å². The minimum absolute atomic E-state index is 0.639. The minimum Gasteiger partial charge on any atom is -0.238 e. The van der Waals surface area contributed by atoms with Crippen molar-refractivity contribution in [2.45, 2.75) is 6.92 Å². The summed E-state index contributed by atoms with van der Waals surface area (Å²) in [5.41, 5.74) is 0. The predicted molar refractivity (Wildman–Crippen MR) is 48.6 cm³/mol. The van der Waals surface area contributed by atoms with E-state index in [9.17, 15) is 0 Å². The minimum atomic E-state index is 0.639. The normalized spacial score (nSPS) is 21.2. The Morgan fingerprint density at radius 1 is 1.15 bits per heavy atom. The van der Waals surface area contributed by atoms with Crippen LogP contribution in [0.3, 0.4) is 0 Å². The van der Waals surface area contributed by atoms with E-state index in [1.54, 1.807) is 18.5 Å². The predicted octanol–water partition coefficient (Wildman–Crippen LogP) is -0.915. The highest BCUT2D eigenvalue weighted by Crippen LogP contribution is 1.91. The van der Waals surface area contributed by atoms with Gasteiger partial charge < -0.3 is 0 Å². The summed E-state index contributed by atoms with van der Waals surface area (Å²) in [6.45, 7) is 1.93. The second kappa shape index (κ2) is 3.02. The molecule has 5 heteroatoms. The molecular formula is C8H10N5+. The summed E-state index contributed by atoms with van der Waals surface area (Å²) in [5, 5.41) is 7.97. The van der Waals surface area contributed by atoms with Gasteiger partial charge in [0.2, 0.25) is 11.7 Å². The van der Waals surface area contributed by atoms with E-state index in [4.69, 9.17) is 0 Å². The number of amidine groups is 2. The maximum Gasteiger partial charge on any atom is 0.296 e. The van der Waals surface area contributed by atoms with Gasteiger partial charge >= 0.3 is 0 Å². The largest absolute Gasteiger partial charge is 0.296 e.